The van der Waals surface area contributed by atoms with Crippen LogP contribution in [0.2, 0.25) is 0 Å². The lowest BCUT2D eigenvalue weighted by Gasteiger charge is -2.45. The van der Waals surface area contributed by atoms with Crippen LogP contribution in [0.5, 0.6) is 0 Å². The highest BCUT2D eigenvalue weighted by Gasteiger charge is 2.35. The molecule has 28 heavy (non-hydrogen) atoms. The summed E-state index contributed by atoms with van der Waals surface area (Å²) in [6, 6.07) is 0.413. The predicted octanol–water partition coefficient (Wildman–Crippen LogP) is 1.55. The Hall–Kier alpha value is -1.93. The molecule has 2 unspecified atom stereocenters. The minimum absolute atomic E-state index is 0.212. The fourth-order valence-electron chi connectivity index (χ4n) is 4.30. The van der Waals surface area contributed by atoms with Gasteiger partial charge in [-0.1, -0.05) is 0 Å². The molecule has 2 fully saturated rings. The van der Waals surface area contributed by atoms with E-state index in [-0.39, 0.29) is 6.42 Å². The van der Waals surface area contributed by atoms with Gasteiger partial charge in [0.1, 0.15) is 5.82 Å². The van der Waals surface area contributed by atoms with E-state index in [0.717, 1.165) is 68.8 Å². The Balaban J connectivity index is 1.82. The van der Waals surface area contributed by atoms with Crippen molar-refractivity contribution in [1.82, 2.24) is 14.9 Å². The number of rotatable bonds is 6. The zero-order valence-corrected chi connectivity index (χ0v) is 17.5. The predicted molar refractivity (Wildman–Crippen MR) is 109 cm³/mol. The molecule has 3 rings (SSSR count). The maximum Gasteiger partial charge on any atom is 0.303 e. The highest BCUT2D eigenvalue weighted by atomic mass is 16.5. The number of carbonyl (C=O) groups is 1. The Bertz CT molecular complexity index is 691. The van der Waals surface area contributed by atoms with Crippen LogP contribution in [0.25, 0.3) is 0 Å². The molecule has 0 bridgehead atoms. The molecule has 156 valence electrons. The lowest BCUT2D eigenvalue weighted by molar-refractivity contribution is -0.137. The van der Waals surface area contributed by atoms with E-state index in [0.29, 0.717) is 18.4 Å². The van der Waals surface area contributed by atoms with Crippen LogP contribution < -0.4 is 9.80 Å². The van der Waals surface area contributed by atoms with Crippen molar-refractivity contribution >= 4 is 17.7 Å². The van der Waals surface area contributed by atoms with Crippen LogP contribution in [0.3, 0.4) is 0 Å². The SMILES string of the molecule is Cc1nc(N(C)C)nc(N2CCC(N3CCOCC3)C(CCC(=O)O)C2)c1C. The smallest absolute Gasteiger partial charge is 0.303 e. The molecule has 1 N–H and O–H groups in total. The van der Waals surface area contributed by atoms with Gasteiger partial charge in [-0.15, -0.1) is 0 Å². The molecule has 2 atom stereocenters. The monoisotopic (exact) mass is 391 g/mol. The third-order valence-electron chi connectivity index (χ3n) is 5.99. The number of anilines is 2. The van der Waals surface area contributed by atoms with Crippen molar-refractivity contribution in [2.24, 2.45) is 5.92 Å². The maximum absolute atomic E-state index is 11.2. The maximum atomic E-state index is 11.2. The van der Waals surface area contributed by atoms with Gasteiger partial charge in [-0.2, -0.15) is 4.98 Å². The summed E-state index contributed by atoms with van der Waals surface area (Å²) in [7, 11) is 3.91. The lowest BCUT2D eigenvalue weighted by Crippen LogP contribution is -2.54. The number of aliphatic carboxylic acids is 1. The first kappa shape index (κ1) is 20.8. The number of morpholine rings is 1. The van der Waals surface area contributed by atoms with Gasteiger partial charge in [0.25, 0.3) is 0 Å². The number of nitrogens with zero attached hydrogens (tertiary/aromatic N) is 5. The third kappa shape index (κ3) is 4.72. The Morgan fingerprint density at radius 1 is 1.21 bits per heavy atom. The minimum Gasteiger partial charge on any atom is -0.481 e. The van der Waals surface area contributed by atoms with Crippen molar-refractivity contribution < 1.29 is 14.6 Å². The van der Waals surface area contributed by atoms with E-state index < -0.39 is 5.97 Å². The standard InChI is InChI=1S/C20H33N5O3/c1-14-15(2)21-20(23(3)4)22-19(14)25-8-7-17(24-9-11-28-12-10-24)16(13-25)5-6-18(26)27/h16-17H,5-13H2,1-4H3,(H,26,27). The number of hydrogen-bond acceptors (Lipinski definition) is 7. The van der Waals surface area contributed by atoms with E-state index in [1.54, 1.807) is 0 Å². The normalized spacial score (nSPS) is 23.6. The number of piperidine rings is 1. The number of carboxylic acids is 1. The van der Waals surface area contributed by atoms with Crippen molar-refractivity contribution in [2.75, 3.05) is 63.3 Å². The lowest BCUT2D eigenvalue weighted by atomic mass is 9.86. The average molecular weight is 392 g/mol. The van der Waals surface area contributed by atoms with Gasteiger partial charge in [-0.05, 0) is 32.6 Å². The second-order valence-corrected chi connectivity index (χ2v) is 8.09. The molecule has 0 aliphatic carbocycles. The molecule has 0 radical (unpaired) electrons. The fraction of sp³-hybridized carbons (Fsp3) is 0.750. The Labute approximate surface area is 167 Å². The van der Waals surface area contributed by atoms with Crippen LogP contribution in [0.4, 0.5) is 11.8 Å². The van der Waals surface area contributed by atoms with Gasteiger partial charge in [-0.25, -0.2) is 4.98 Å². The highest BCUT2D eigenvalue weighted by molar-refractivity contribution is 5.66. The Morgan fingerprint density at radius 2 is 1.93 bits per heavy atom. The van der Waals surface area contributed by atoms with E-state index in [1.807, 2.05) is 25.9 Å². The zero-order valence-electron chi connectivity index (χ0n) is 17.5. The minimum atomic E-state index is -0.721. The van der Waals surface area contributed by atoms with Crippen LogP contribution >= 0.6 is 0 Å². The molecule has 8 nitrogen and oxygen atoms in total. The molecule has 1 aromatic heterocycles. The molecule has 0 saturated carbocycles. The summed E-state index contributed by atoms with van der Waals surface area (Å²) in [4.78, 5) is 27.4. The summed E-state index contributed by atoms with van der Waals surface area (Å²) in [5, 5.41) is 9.23. The molecule has 0 spiro atoms. The van der Waals surface area contributed by atoms with E-state index in [9.17, 15) is 9.90 Å². The third-order valence-corrected chi connectivity index (χ3v) is 5.99. The van der Waals surface area contributed by atoms with Crippen LogP contribution in [-0.2, 0) is 9.53 Å². The van der Waals surface area contributed by atoms with Crippen molar-refractivity contribution in [3.8, 4) is 0 Å². The fourth-order valence-corrected chi connectivity index (χ4v) is 4.30. The van der Waals surface area contributed by atoms with Gasteiger partial charge < -0.3 is 19.6 Å². The zero-order chi connectivity index (χ0) is 20.3. The number of hydrogen-bond donors (Lipinski definition) is 1. The average Bonchev–Trinajstić information content (AvgIpc) is 2.68. The quantitative estimate of drug-likeness (QED) is 0.782. The molecule has 8 heteroatoms. The van der Waals surface area contributed by atoms with Gasteiger partial charge in [0.05, 0.1) is 13.2 Å². The molecule has 2 aliphatic rings. The van der Waals surface area contributed by atoms with Gasteiger partial charge in [-0.3, -0.25) is 9.69 Å². The highest BCUT2D eigenvalue weighted by Crippen LogP contribution is 2.31. The largest absolute Gasteiger partial charge is 0.481 e. The molecule has 2 saturated heterocycles. The van der Waals surface area contributed by atoms with Crippen LogP contribution in [0, 0.1) is 19.8 Å². The van der Waals surface area contributed by atoms with Crippen LogP contribution in [-0.4, -0.2) is 85.5 Å². The van der Waals surface area contributed by atoms with E-state index >= 15 is 0 Å². The summed E-state index contributed by atoms with van der Waals surface area (Å²) in [5.74, 6) is 1.29. The molecule has 3 heterocycles. The van der Waals surface area contributed by atoms with Crippen molar-refractivity contribution in [3.63, 3.8) is 0 Å². The molecule has 1 aromatic rings. The summed E-state index contributed by atoms with van der Waals surface area (Å²) in [6.07, 6.45) is 1.92. The molecule has 0 amide bonds. The van der Waals surface area contributed by atoms with Crippen molar-refractivity contribution in [1.29, 1.82) is 0 Å². The molecule has 2 aliphatic heterocycles. The summed E-state index contributed by atoms with van der Waals surface area (Å²) in [6.45, 7) is 9.26. The first-order valence-corrected chi connectivity index (χ1v) is 10.2. The number of aromatic nitrogens is 2. The molecular weight excluding hydrogens is 358 g/mol. The van der Waals surface area contributed by atoms with E-state index in [2.05, 4.69) is 21.7 Å². The number of carboxylic acid groups (broad SMARTS) is 1. The van der Waals surface area contributed by atoms with Crippen LogP contribution in [0.1, 0.15) is 30.5 Å². The molecular formula is C20H33N5O3. The second kappa shape index (κ2) is 9.05. The number of aryl methyl sites for hydroxylation is 1. The Morgan fingerprint density at radius 3 is 2.57 bits per heavy atom. The van der Waals surface area contributed by atoms with Gasteiger partial charge in [0.2, 0.25) is 5.95 Å². The van der Waals surface area contributed by atoms with Crippen molar-refractivity contribution in [3.05, 3.63) is 11.3 Å². The van der Waals surface area contributed by atoms with E-state index in [4.69, 9.17) is 9.72 Å². The first-order chi connectivity index (χ1) is 13.4. The van der Waals surface area contributed by atoms with Crippen LogP contribution in [0.15, 0.2) is 0 Å². The number of ether oxygens (including phenoxy) is 1. The summed E-state index contributed by atoms with van der Waals surface area (Å²) in [5.41, 5.74) is 2.10. The Kier molecular flexibility index (Phi) is 6.72. The topological polar surface area (TPSA) is 82.0 Å². The second-order valence-electron chi connectivity index (χ2n) is 8.09. The van der Waals surface area contributed by atoms with Crippen molar-refractivity contribution in [2.45, 2.75) is 39.2 Å². The van der Waals surface area contributed by atoms with E-state index in [1.165, 1.54) is 0 Å². The van der Waals surface area contributed by atoms with Gasteiger partial charge in [0.15, 0.2) is 0 Å². The summed E-state index contributed by atoms with van der Waals surface area (Å²) >= 11 is 0. The summed E-state index contributed by atoms with van der Waals surface area (Å²) < 4.78 is 5.51. The van der Waals surface area contributed by atoms with Gasteiger partial charge in [0, 0.05) is 64.0 Å². The van der Waals surface area contributed by atoms with Gasteiger partial charge >= 0.3 is 5.97 Å². The first-order valence-electron chi connectivity index (χ1n) is 10.2. The molecule has 0 aromatic carbocycles.